The first kappa shape index (κ1) is 11.1. The van der Waals surface area contributed by atoms with Crippen molar-refractivity contribution in [1.29, 1.82) is 0 Å². The molecule has 1 fully saturated rings. The zero-order valence-electron chi connectivity index (χ0n) is 9.25. The van der Waals surface area contributed by atoms with Gasteiger partial charge >= 0.3 is 0 Å². The van der Waals surface area contributed by atoms with Gasteiger partial charge in [-0.05, 0) is 49.7 Å². The Balaban J connectivity index is 1.93. The summed E-state index contributed by atoms with van der Waals surface area (Å²) >= 11 is 3.69. The summed E-state index contributed by atoms with van der Waals surface area (Å²) in [6.07, 6.45) is 8.27. The van der Waals surface area contributed by atoms with Gasteiger partial charge in [0.05, 0.1) is 0 Å². The van der Waals surface area contributed by atoms with Gasteiger partial charge in [-0.2, -0.15) is 0 Å². The van der Waals surface area contributed by atoms with Crippen molar-refractivity contribution < 1.29 is 0 Å². The quantitative estimate of drug-likeness (QED) is 0.761. The summed E-state index contributed by atoms with van der Waals surface area (Å²) in [6.45, 7) is 2.17. The summed E-state index contributed by atoms with van der Waals surface area (Å²) in [6, 6.07) is 4.41. The maximum atomic E-state index is 4.52. The fourth-order valence-electron chi connectivity index (χ4n) is 2.28. The fourth-order valence-corrected chi connectivity index (χ4v) is 3.07. The Bertz CT molecular complexity index is 307. The second-order valence-electron chi connectivity index (χ2n) is 4.49. The van der Waals surface area contributed by atoms with Crippen LogP contribution in [0.2, 0.25) is 0 Å². The Morgan fingerprint density at radius 2 is 2.27 bits per heavy atom. The molecule has 2 heteroatoms. The van der Waals surface area contributed by atoms with Gasteiger partial charge in [-0.1, -0.05) is 28.9 Å². The zero-order chi connectivity index (χ0) is 10.7. The Morgan fingerprint density at radius 1 is 1.40 bits per heavy atom. The van der Waals surface area contributed by atoms with Crippen molar-refractivity contribution in [3.63, 3.8) is 0 Å². The molecule has 0 spiro atoms. The Hall–Kier alpha value is -0.370. The number of hydrogen-bond acceptors (Lipinski definition) is 1. The highest BCUT2D eigenvalue weighted by atomic mass is 79.9. The topological polar surface area (TPSA) is 12.9 Å². The largest absolute Gasteiger partial charge is 0.261 e. The number of hydrogen-bond donors (Lipinski definition) is 0. The molecule has 1 aliphatic rings. The number of nitrogens with zero attached hydrogens (tertiary/aromatic N) is 1. The van der Waals surface area contributed by atoms with Crippen LogP contribution >= 0.6 is 15.9 Å². The minimum Gasteiger partial charge on any atom is -0.261 e. The smallest absolute Gasteiger partial charge is 0.0406 e. The normalized spacial score (nSPS) is 25.7. The highest BCUT2D eigenvalue weighted by Gasteiger charge is 2.22. The van der Waals surface area contributed by atoms with Gasteiger partial charge in [0.25, 0.3) is 0 Å². The number of aromatic nitrogens is 1. The molecule has 0 amide bonds. The average molecular weight is 268 g/mol. The van der Waals surface area contributed by atoms with E-state index in [0.717, 1.165) is 23.6 Å². The van der Waals surface area contributed by atoms with Crippen LogP contribution in [-0.2, 0) is 12.8 Å². The SMILES string of the molecule is CCc1ccc(CC2CCC(Br)C2)nc1. The molecule has 1 heterocycles. The van der Waals surface area contributed by atoms with Crippen molar-refractivity contribution in [2.75, 3.05) is 0 Å². The minimum atomic E-state index is 0.748. The van der Waals surface area contributed by atoms with Crippen LogP contribution in [0, 0.1) is 5.92 Å². The maximum absolute atomic E-state index is 4.52. The van der Waals surface area contributed by atoms with Gasteiger partial charge in [0.2, 0.25) is 0 Å². The molecule has 1 aliphatic carbocycles. The third-order valence-corrected chi connectivity index (χ3v) is 4.10. The van der Waals surface area contributed by atoms with Crippen molar-refractivity contribution in [3.8, 4) is 0 Å². The van der Waals surface area contributed by atoms with Crippen molar-refractivity contribution >= 4 is 15.9 Å². The van der Waals surface area contributed by atoms with E-state index in [2.05, 4.69) is 40.0 Å². The molecule has 15 heavy (non-hydrogen) atoms. The molecule has 1 nitrogen and oxygen atoms in total. The van der Waals surface area contributed by atoms with Gasteiger partial charge in [0.15, 0.2) is 0 Å². The van der Waals surface area contributed by atoms with E-state index in [1.54, 1.807) is 0 Å². The molecular formula is C13H18BrN. The maximum Gasteiger partial charge on any atom is 0.0406 e. The number of halogens is 1. The van der Waals surface area contributed by atoms with Crippen LogP contribution in [0.1, 0.15) is 37.4 Å². The summed E-state index contributed by atoms with van der Waals surface area (Å²) in [5.41, 5.74) is 2.60. The first-order valence-electron chi connectivity index (χ1n) is 5.85. The Labute approximate surface area is 100 Å². The molecule has 1 aromatic rings. The second-order valence-corrected chi connectivity index (χ2v) is 5.79. The van der Waals surface area contributed by atoms with Crippen LogP contribution in [0.25, 0.3) is 0 Å². The molecule has 2 rings (SSSR count). The van der Waals surface area contributed by atoms with Gasteiger partial charge in [-0.25, -0.2) is 0 Å². The van der Waals surface area contributed by atoms with Gasteiger partial charge in [-0.3, -0.25) is 4.98 Å². The number of alkyl halides is 1. The molecular weight excluding hydrogens is 250 g/mol. The lowest BCUT2D eigenvalue weighted by Gasteiger charge is -2.08. The molecule has 82 valence electrons. The standard InChI is InChI=1S/C13H18BrN/c1-2-10-4-6-13(15-9-10)8-11-3-5-12(14)7-11/h4,6,9,11-12H,2-3,5,7-8H2,1H3. The zero-order valence-corrected chi connectivity index (χ0v) is 10.8. The molecule has 0 bridgehead atoms. The highest BCUT2D eigenvalue weighted by molar-refractivity contribution is 9.09. The Kier molecular flexibility index (Phi) is 3.79. The first-order valence-corrected chi connectivity index (χ1v) is 6.77. The van der Waals surface area contributed by atoms with Crippen LogP contribution in [-0.4, -0.2) is 9.81 Å². The summed E-state index contributed by atoms with van der Waals surface area (Å²) < 4.78 is 0. The van der Waals surface area contributed by atoms with Gasteiger partial charge in [0, 0.05) is 16.7 Å². The van der Waals surface area contributed by atoms with Gasteiger partial charge in [0.1, 0.15) is 0 Å². The predicted octanol–water partition coefficient (Wildman–Crippen LogP) is 3.75. The molecule has 2 atom stereocenters. The summed E-state index contributed by atoms with van der Waals surface area (Å²) in [7, 11) is 0. The summed E-state index contributed by atoms with van der Waals surface area (Å²) in [5.74, 6) is 0.842. The lowest BCUT2D eigenvalue weighted by molar-refractivity contribution is 0.540. The van der Waals surface area contributed by atoms with Gasteiger partial charge in [-0.15, -0.1) is 0 Å². The van der Waals surface area contributed by atoms with Gasteiger partial charge < -0.3 is 0 Å². The van der Waals surface area contributed by atoms with E-state index < -0.39 is 0 Å². The Morgan fingerprint density at radius 3 is 2.80 bits per heavy atom. The van der Waals surface area contributed by atoms with E-state index in [-0.39, 0.29) is 0 Å². The predicted molar refractivity (Wildman–Crippen MR) is 67.4 cm³/mol. The molecule has 0 aromatic carbocycles. The van der Waals surface area contributed by atoms with Crippen molar-refractivity contribution in [3.05, 3.63) is 29.6 Å². The lowest BCUT2D eigenvalue weighted by atomic mass is 10.0. The fraction of sp³-hybridized carbons (Fsp3) is 0.615. The first-order chi connectivity index (χ1) is 7.28. The van der Waals surface area contributed by atoms with Crippen molar-refractivity contribution in [2.45, 2.75) is 43.9 Å². The summed E-state index contributed by atoms with van der Waals surface area (Å²) in [4.78, 5) is 5.27. The van der Waals surface area contributed by atoms with E-state index in [1.807, 2.05) is 6.20 Å². The number of aryl methyl sites for hydroxylation is 1. The minimum absolute atomic E-state index is 0.748. The van der Waals surface area contributed by atoms with Crippen LogP contribution in [0.3, 0.4) is 0 Å². The average Bonchev–Trinajstić information content (AvgIpc) is 2.65. The van der Waals surface area contributed by atoms with Crippen LogP contribution < -0.4 is 0 Å². The molecule has 0 aliphatic heterocycles. The second kappa shape index (κ2) is 5.11. The molecule has 1 aromatic heterocycles. The van der Waals surface area contributed by atoms with E-state index in [4.69, 9.17) is 0 Å². The highest BCUT2D eigenvalue weighted by Crippen LogP contribution is 2.32. The van der Waals surface area contributed by atoms with Crippen LogP contribution in [0.5, 0.6) is 0 Å². The number of rotatable bonds is 3. The van der Waals surface area contributed by atoms with Crippen LogP contribution in [0.4, 0.5) is 0 Å². The van der Waals surface area contributed by atoms with Crippen molar-refractivity contribution in [2.24, 2.45) is 5.92 Å². The van der Waals surface area contributed by atoms with E-state index >= 15 is 0 Å². The number of pyridine rings is 1. The molecule has 0 saturated heterocycles. The van der Waals surface area contributed by atoms with E-state index in [9.17, 15) is 0 Å². The third kappa shape index (κ3) is 3.04. The monoisotopic (exact) mass is 267 g/mol. The van der Waals surface area contributed by atoms with E-state index in [1.165, 1.54) is 30.5 Å². The molecule has 2 unspecified atom stereocenters. The summed E-state index contributed by atoms with van der Waals surface area (Å²) in [5, 5.41) is 0. The molecule has 0 radical (unpaired) electrons. The van der Waals surface area contributed by atoms with Crippen molar-refractivity contribution in [1.82, 2.24) is 4.98 Å². The third-order valence-electron chi connectivity index (χ3n) is 3.27. The molecule has 0 N–H and O–H groups in total. The van der Waals surface area contributed by atoms with E-state index in [0.29, 0.717) is 0 Å². The van der Waals surface area contributed by atoms with Crippen LogP contribution in [0.15, 0.2) is 18.3 Å². The lowest BCUT2D eigenvalue weighted by Crippen LogP contribution is -2.02. The molecule has 1 saturated carbocycles.